The maximum atomic E-state index is 9.34. The number of benzene rings is 1. The highest BCUT2D eigenvalue weighted by Gasteiger charge is 2.20. The minimum atomic E-state index is 0.130. The van der Waals surface area contributed by atoms with Gasteiger partial charge in [0, 0.05) is 24.5 Å². The molecule has 0 bridgehead atoms. The largest absolute Gasteiger partial charge is 0.395 e. The van der Waals surface area contributed by atoms with Gasteiger partial charge < -0.3 is 15.3 Å². The second kappa shape index (κ2) is 6.15. The van der Waals surface area contributed by atoms with E-state index in [2.05, 4.69) is 20.2 Å². The monoisotopic (exact) mass is 272 g/mol. The summed E-state index contributed by atoms with van der Waals surface area (Å²) in [6, 6.07) is 8.49. The number of hydrogen-bond acceptors (Lipinski definition) is 5. The lowest BCUT2D eigenvalue weighted by molar-refractivity contribution is 0.300. The van der Waals surface area contributed by atoms with Crippen molar-refractivity contribution in [1.29, 1.82) is 0 Å². The first-order valence-corrected chi connectivity index (χ1v) is 7.17. The zero-order valence-corrected chi connectivity index (χ0v) is 11.5. The third kappa shape index (κ3) is 2.73. The number of aromatic nitrogens is 2. The average molecular weight is 272 g/mol. The van der Waals surface area contributed by atoms with Crippen LogP contribution in [0.25, 0.3) is 10.9 Å². The molecule has 2 N–H and O–H groups in total. The van der Waals surface area contributed by atoms with Crippen molar-refractivity contribution in [3.8, 4) is 0 Å². The number of rotatable bonds is 5. The number of aliphatic hydroxyl groups is 1. The second-order valence-corrected chi connectivity index (χ2v) is 5.18. The van der Waals surface area contributed by atoms with Gasteiger partial charge in [0.05, 0.1) is 12.1 Å². The van der Waals surface area contributed by atoms with Gasteiger partial charge >= 0.3 is 0 Å². The topological polar surface area (TPSA) is 61.3 Å². The molecule has 20 heavy (non-hydrogen) atoms. The number of hydrogen-bond donors (Lipinski definition) is 2. The number of anilines is 1. The van der Waals surface area contributed by atoms with E-state index < -0.39 is 0 Å². The molecule has 0 amide bonds. The molecule has 5 heteroatoms. The highest BCUT2D eigenvalue weighted by Crippen LogP contribution is 2.23. The number of aliphatic hydroxyl groups excluding tert-OH is 1. The van der Waals surface area contributed by atoms with Gasteiger partial charge in [0.15, 0.2) is 0 Å². The van der Waals surface area contributed by atoms with Gasteiger partial charge in [-0.25, -0.2) is 9.97 Å². The van der Waals surface area contributed by atoms with Crippen LogP contribution in [0.5, 0.6) is 0 Å². The second-order valence-electron chi connectivity index (χ2n) is 5.18. The number of fused-ring (bicyclic) bond motifs is 1. The van der Waals surface area contributed by atoms with Crippen LogP contribution in [0.4, 0.5) is 5.82 Å². The van der Waals surface area contributed by atoms with Crippen molar-refractivity contribution in [2.24, 2.45) is 0 Å². The molecule has 3 rings (SSSR count). The fraction of sp³-hybridized carbons (Fsp3) is 0.467. The zero-order valence-electron chi connectivity index (χ0n) is 11.5. The minimum Gasteiger partial charge on any atom is -0.395 e. The average Bonchev–Trinajstić information content (AvgIpc) is 2.99. The molecule has 2 heterocycles. The van der Waals surface area contributed by atoms with Gasteiger partial charge in [-0.1, -0.05) is 12.1 Å². The van der Waals surface area contributed by atoms with Gasteiger partial charge in [0.2, 0.25) is 0 Å². The molecule has 1 aliphatic rings. The van der Waals surface area contributed by atoms with Crippen LogP contribution in [0.1, 0.15) is 12.8 Å². The molecule has 5 nitrogen and oxygen atoms in total. The van der Waals surface area contributed by atoms with E-state index in [1.807, 2.05) is 24.3 Å². The van der Waals surface area contributed by atoms with E-state index in [9.17, 15) is 5.11 Å². The molecule has 0 radical (unpaired) electrons. The van der Waals surface area contributed by atoms with Crippen molar-refractivity contribution in [1.82, 2.24) is 15.3 Å². The Hall–Kier alpha value is -1.72. The highest BCUT2D eigenvalue weighted by molar-refractivity contribution is 5.89. The number of nitrogens with one attached hydrogen (secondary N) is 1. The summed E-state index contributed by atoms with van der Waals surface area (Å²) in [4.78, 5) is 10.9. The van der Waals surface area contributed by atoms with E-state index in [0.29, 0.717) is 12.6 Å². The molecule has 1 unspecified atom stereocenters. The maximum Gasteiger partial charge on any atom is 0.140 e. The third-order valence-corrected chi connectivity index (χ3v) is 3.79. The van der Waals surface area contributed by atoms with Crippen molar-refractivity contribution in [3.63, 3.8) is 0 Å². The summed E-state index contributed by atoms with van der Waals surface area (Å²) in [5.41, 5.74) is 0.944. The standard InChI is InChI=1S/C15H20N4O/c20-9-8-19(10-12-4-3-7-16-12)15-13-5-1-2-6-14(13)17-11-18-15/h1-2,5-6,11-12,16,20H,3-4,7-10H2. The molecule has 0 spiro atoms. The first-order valence-electron chi connectivity index (χ1n) is 7.17. The smallest absolute Gasteiger partial charge is 0.140 e. The van der Waals surface area contributed by atoms with Crippen LogP contribution in [0.2, 0.25) is 0 Å². The van der Waals surface area contributed by atoms with E-state index in [1.54, 1.807) is 6.33 Å². The fourth-order valence-electron chi connectivity index (χ4n) is 2.83. The van der Waals surface area contributed by atoms with E-state index in [0.717, 1.165) is 29.8 Å². The number of para-hydroxylation sites is 1. The lowest BCUT2D eigenvalue weighted by atomic mass is 10.2. The zero-order chi connectivity index (χ0) is 13.8. The molecular weight excluding hydrogens is 252 g/mol. The van der Waals surface area contributed by atoms with Crippen molar-refractivity contribution in [2.75, 3.05) is 31.1 Å². The molecule has 1 aliphatic heterocycles. The van der Waals surface area contributed by atoms with Crippen LogP contribution in [0.3, 0.4) is 0 Å². The molecule has 0 aliphatic carbocycles. The van der Waals surface area contributed by atoms with Crippen LogP contribution in [0, 0.1) is 0 Å². The third-order valence-electron chi connectivity index (χ3n) is 3.79. The molecular formula is C15H20N4O. The Morgan fingerprint density at radius 1 is 1.30 bits per heavy atom. The van der Waals surface area contributed by atoms with Gasteiger partial charge in [0.25, 0.3) is 0 Å². The quantitative estimate of drug-likeness (QED) is 0.856. The van der Waals surface area contributed by atoms with Gasteiger partial charge in [-0.15, -0.1) is 0 Å². The van der Waals surface area contributed by atoms with E-state index >= 15 is 0 Å². The van der Waals surface area contributed by atoms with Gasteiger partial charge in [0.1, 0.15) is 12.1 Å². The van der Waals surface area contributed by atoms with Crippen molar-refractivity contribution < 1.29 is 5.11 Å². The van der Waals surface area contributed by atoms with Crippen molar-refractivity contribution in [3.05, 3.63) is 30.6 Å². The Balaban J connectivity index is 1.91. The van der Waals surface area contributed by atoms with Crippen LogP contribution in [0.15, 0.2) is 30.6 Å². The van der Waals surface area contributed by atoms with Crippen LogP contribution >= 0.6 is 0 Å². The van der Waals surface area contributed by atoms with Gasteiger partial charge in [-0.3, -0.25) is 0 Å². The van der Waals surface area contributed by atoms with Crippen molar-refractivity contribution in [2.45, 2.75) is 18.9 Å². The van der Waals surface area contributed by atoms with Crippen LogP contribution in [-0.2, 0) is 0 Å². The highest BCUT2D eigenvalue weighted by atomic mass is 16.3. The summed E-state index contributed by atoms with van der Waals surface area (Å²) < 4.78 is 0. The predicted octanol–water partition coefficient (Wildman–Crippen LogP) is 1.18. The number of nitrogens with zero attached hydrogens (tertiary/aromatic N) is 3. The molecule has 1 atom stereocenters. The lowest BCUT2D eigenvalue weighted by Gasteiger charge is -2.27. The Kier molecular flexibility index (Phi) is 4.08. The SMILES string of the molecule is OCCN(CC1CCCN1)c1ncnc2ccccc12. The van der Waals surface area contributed by atoms with E-state index in [4.69, 9.17) is 0 Å². The Bertz CT molecular complexity index is 563. The molecule has 1 saturated heterocycles. The predicted molar refractivity (Wildman–Crippen MR) is 79.9 cm³/mol. The first kappa shape index (κ1) is 13.3. The molecule has 0 saturated carbocycles. The normalized spacial score (nSPS) is 18.6. The van der Waals surface area contributed by atoms with Gasteiger partial charge in [-0.2, -0.15) is 0 Å². The molecule has 2 aromatic rings. The summed E-state index contributed by atoms with van der Waals surface area (Å²) in [6.45, 7) is 2.69. The van der Waals surface area contributed by atoms with Crippen LogP contribution < -0.4 is 10.2 Å². The van der Waals surface area contributed by atoms with E-state index in [1.165, 1.54) is 12.8 Å². The Morgan fingerprint density at radius 3 is 3.00 bits per heavy atom. The van der Waals surface area contributed by atoms with E-state index in [-0.39, 0.29) is 6.61 Å². The van der Waals surface area contributed by atoms with Crippen molar-refractivity contribution >= 4 is 16.7 Å². The summed E-state index contributed by atoms with van der Waals surface area (Å²) in [5, 5.41) is 13.9. The van der Waals surface area contributed by atoms with Crippen LogP contribution in [-0.4, -0.2) is 47.4 Å². The maximum absolute atomic E-state index is 9.34. The lowest BCUT2D eigenvalue weighted by Crippen LogP contribution is -2.39. The minimum absolute atomic E-state index is 0.130. The molecule has 1 aromatic carbocycles. The summed E-state index contributed by atoms with van der Waals surface area (Å²) in [6.07, 6.45) is 4.01. The fourth-order valence-corrected chi connectivity index (χ4v) is 2.83. The summed E-state index contributed by atoms with van der Waals surface area (Å²) in [7, 11) is 0. The Morgan fingerprint density at radius 2 is 2.20 bits per heavy atom. The summed E-state index contributed by atoms with van der Waals surface area (Å²) >= 11 is 0. The molecule has 1 fully saturated rings. The molecule has 1 aromatic heterocycles. The molecule has 106 valence electrons. The first-order chi connectivity index (χ1) is 9.88. The Labute approximate surface area is 118 Å². The van der Waals surface area contributed by atoms with Gasteiger partial charge in [-0.05, 0) is 31.5 Å². The summed E-state index contributed by atoms with van der Waals surface area (Å²) in [5.74, 6) is 0.915.